The van der Waals surface area contributed by atoms with E-state index >= 15 is 0 Å². The molecule has 0 aromatic carbocycles. The number of esters is 1. The molecule has 0 spiro atoms. The molecule has 1 amide bonds. The standard InChI is InChI=1S/C27H45NO5/c1-16(5-8-23(31)28-15-24(32)33-4)19-6-7-20-25-21(10-12-27(19,20)3)26(2)11-9-18(29)13-17(26)14-22(25)30/h16-22,25,29-30H,5-15H2,1-4H3,(H,28,31)/t16-,17+,18-,19-,20+,21+,22-,25+,26+,27-/m1/s1. The molecule has 0 aliphatic heterocycles. The largest absolute Gasteiger partial charge is 0.468 e. The highest BCUT2D eigenvalue weighted by Crippen LogP contribution is 2.68. The summed E-state index contributed by atoms with van der Waals surface area (Å²) in [6.45, 7) is 7.14. The van der Waals surface area contributed by atoms with Gasteiger partial charge >= 0.3 is 5.97 Å². The highest BCUT2D eigenvalue weighted by molar-refractivity contribution is 5.81. The molecule has 4 aliphatic rings. The first-order valence-corrected chi connectivity index (χ1v) is 13.3. The number of rotatable bonds is 6. The van der Waals surface area contributed by atoms with E-state index in [0.717, 1.165) is 32.1 Å². The van der Waals surface area contributed by atoms with Gasteiger partial charge in [0.05, 0.1) is 19.3 Å². The van der Waals surface area contributed by atoms with E-state index < -0.39 is 5.97 Å². The first kappa shape index (κ1) is 25.0. The summed E-state index contributed by atoms with van der Waals surface area (Å²) in [7, 11) is 1.32. The van der Waals surface area contributed by atoms with Crippen LogP contribution >= 0.6 is 0 Å². The monoisotopic (exact) mass is 463 g/mol. The van der Waals surface area contributed by atoms with Gasteiger partial charge in [-0.3, -0.25) is 9.59 Å². The van der Waals surface area contributed by atoms with Crippen molar-refractivity contribution in [3.05, 3.63) is 0 Å². The number of carbonyl (C=O) groups is 2. The van der Waals surface area contributed by atoms with E-state index in [1.807, 2.05) is 0 Å². The van der Waals surface area contributed by atoms with Crippen LogP contribution in [0.5, 0.6) is 0 Å². The van der Waals surface area contributed by atoms with E-state index in [4.69, 9.17) is 0 Å². The number of aliphatic hydroxyl groups is 2. The lowest BCUT2D eigenvalue weighted by molar-refractivity contribution is -0.174. The Morgan fingerprint density at radius 2 is 1.73 bits per heavy atom. The number of nitrogens with one attached hydrogen (secondary N) is 1. The van der Waals surface area contributed by atoms with Crippen LogP contribution in [0.25, 0.3) is 0 Å². The van der Waals surface area contributed by atoms with Crippen molar-refractivity contribution in [2.24, 2.45) is 46.3 Å². The van der Waals surface area contributed by atoms with Gasteiger partial charge in [0.15, 0.2) is 0 Å². The number of carbonyl (C=O) groups excluding carboxylic acids is 2. The molecule has 10 atom stereocenters. The maximum absolute atomic E-state index is 12.2. The number of hydrogen-bond donors (Lipinski definition) is 3. The first-order valence-electron chi connectivity index (χ1n) is 13.3. The Bertz CT molecular complexity index is 742. The molecule has 4 aliphatic carbocycles. The van der Waals surface area contributed by atoms with Crippen LogP contribution in [0.15, 0.2) is 0 Å². The molecular weight excluding hydrogens is 418 g/mol. The van der Waals surface area contributed by atoms with Crippen molar-refractivity contribution in [3.8, 4) is 0 Å². The lowest BCUT2D eigenvalue weighted by atomic mass is 9.43. The molecule has 0 aromatic rings. The average molecular weight is 464 g/mol. The Morgan fingerprint density at radius 1 is 1.03 bits per heavy atom. The molecule has 4 rings (SSSR count). The van der Waals surface area contributed by atoms with Crippen molar-refractivity contribution >= 4 is 11.9 Å². The van der Waals surface area contributed by atoms with Crippen molar-refractivity contribution in [2.45, 2.75) is 97.2 Å². The topological polar surface area (TPSA) is 95.9 Å². The lowest BCUT2D eigenvalue weighted by Gasteiger charge is -2.62. The third-order valence-corrected chi connectivity index (χ3v) is 10.9. The molecule has 6 heteroatoms. The minimum Gasteiger partial charge on any atom is -0.468 e. The van der Waals surface area contributed by atoms with Gasteiger partial charge in [-0.25, -0.2) is 0 Å². The van der Waals surface area contributed by atoms with Crippen LogP contribution in [0.4, 0.5) is 0 Å². The maximum atomic E-state index is 12.2. The molecule has 33 heavy (non-hydrogen) atoms. The fourth-order valence-corrected chi connectivity index (χ4v) is 9.07. The number of methoxy groups -OCH3 is 1. The molecule has 188 valence electrons. The predicted molar refractivity (Wildman–Crippen MR) is 126 cm³/mol. The van der Waals surface area contributed by atoms with E-state index in [2.05, 4.69) is 30.8 Å². The SMILES string of the molecule is COC(=O)CNC(=O)CC[C@@H](C)[C@H]1CC[C@H]2[C@@H]3[C@H](O)C[C@@H]4C[C@H](O)CC[C@]4(C)[C@H]3CC[C@]12C. The molecule has 0 saturated heterocycles. The van der Waals surface area contributed by atoms with Crippen molar-refractivity contribution in [1.29, 1.82) is 0 Å². The van der Waals surface area contributed by atoms with Gasteiger partial charge in [0.25, 0.3) is 0 Å². The summed E-state index contributed by atoms with van der Waals surface area (Å²) in [5, 5.41) is 24.3. The second-order valence-electron chi connectivity index (χ2n) is 12.3. The van der Waals surface area contributed by atoms with E-state index in [0.29, 0.717) is 41.9 Å². The minimum absolute atomic E-state index is 0.0648. The van der Waals surface area contributed by atoms with Crippen molar-refractivity contribution in [1.82, 2.24) is 5.32 Å². The number of ether oxygens (including phenoxy) is 1. The molecule has 0 heterocycles. The second-order valence-corrected chi connectivity index (χ2v) is 12.3. The summed E-state index contributed by atoms with van der Waals surface area (Å²) in [6.07, 6.45) is 9.29. The molecule has 0 radical (unpaired) electrons. The Labute approximate surface area is 199 Å². The van der Waals surface area contributed by atoms with Crippen LogP contribution in [-0.4, -0.2) is 48.0 Å². The number of aliphatic hydroxyl groups excluding tert-OH is 2. The lowest BCUT2D eigenvalue weighted by Crippen LogP contribution is -2.58. The molecule has 6 nitrogen and oxygen atoms in total. The van der Waals surface area contributed by atoms with Gasteiger partial charge in [-0.15, -0.1) is 0 Å². The van der Waals surface area contributed by atoms with Crippen molar-refractivity contribution in [3.63, 3.8) is 0 Å². The zero-order valence-electron chi connectivity index (χ0n) is 21.0. The first-order chi connectivity index (χ1) is 15.6. The van der Waals surface area contributed by atoms with Crippen LogP contribution in [0.2, 0.25) is 0 Å². The van der Waals surface area contributed by atoms with E-state index in [1.165, 1.54) is 32.8 Å². The second kappa shape index (κ2) is 9.49. The van der Waals surface area contributed by atoms with Gasteiger partial charge in [-0.1, -0.05) is 20.8 Å². The molecule has 0 aromatic heterocycles. The average Bonchev–Trinajstić information content (AvgIpc) is 3.14. The summed E-state index contributed by atoms with van der Waals surface area (Å²) in [5.74, 6) is 2.44. The van der Waals surface area contributed by atoms with Crippen LogP contribution in [0.3, 0.4) is 0 Å². The normalized spacial score (nSPS) is 45.3. The fraction of sp³-hybridized carbons (Fsp3) is 0.926. The molecule has 4 fully saturated rings. The van der Waals surface area contributed by atoms with Crippen LogP contribution in [0.1, 0.15) is 85.0 Å². The van der Waals surface area contributed by atoms with E-state index in [9.17, 15) is 19.8 Å². The zero-order valence-corrected chi connectivity index (χ0v) is 21.0. The molecular formula is C27H45NO5. The fourth-order valence-electron chi connectivity index (χ4n) is 9.07. The predicted octanol–water partition coefficient (Wildman–Crippen LogP) is 3.68. The van der Waals surface area contributed by atoms with Crippen LogP contribution in [-0.2, 0) is 14.3 Å². The molecule has 0 unspecified atom stereocenters. The zero-order chi connectivity index (χ0) is 24.0. The van der Waals surface area contributed by atoms with Gasteiger partial charge < -0.3 is 20.3 Å². The molecule has 0 bridgehead atoms. The summed E-state index contributed by atoms with van der Waals surface area (Å²) >= 11 is 0. The summed E-state index contributed by atoms with van der Waals surface area (Å²) in [6, 6.07) is 0. The summed E-state index contributed by atoms with van der Waals surface area (Å²) in [4.78, 5) is 23.5. The minimum atomic E-state index is -0.422. The maximum Gasteiger partial charge on any atom is 0.325 e. The van der Waals surface area contributed by atoms with E-state index in [-0.39, 0.29) is 35.5 Å². The number of hydrogen-bond acceptors (Lipinski definition) is 5. The van der Waals surface area contributed by atoms with Crippen molar-refractivity contribution < 1.29 is 24.5 Å². The summed E-state index contributed by atoms with van der Waals surface area (Å²) < 4.78 is 4.59. The highest BCUT2D eigenvalue weighted by atomic mass is 16.5. The number of fused-ring (bicyclic) bond motifs is 5. The molecule has 4 saturated carbocycles. The Balaban J connectivity index is 1.41. The Morgan fingerprint density at radius 3 is 2.45 bits per heavy atom. The third-order valence-electron chi connectivity index (χ3n) is 10.9. The Kier molecular flexibility index (Phi) is 7.18. The van der Waals surface area contributed by atoms with Crippen LogP contribution in [0, 0.1) is 46.3 Å². The van der Waals surface area contributed by atoms with Gasteiger partial charge in [0, 0.05) is 6.42 Å². The quantitative estimate of drug-likeness (QED) is 0.522. The summed E-state index contributed by atoms with van der Waals surface area (Å²) in [5.41, 5.74) is 0.479. The van der Waals surface area contributed by atoms with Crippen LogP contribution < -0.4 is 5.32 Å². The third kappa shape index (κ3) is 4.47. The van der Waals surface area contributed by atoms with Gasteiger partial charge in [-0.05, 0) is 104 Å². The van der Waals surface area contributed by atoms with Gasteiger partial charge in [0.2, 0.25) is 5.91 Å². The Hall–Kier alpha value is -1.14. The van der Waals surface area contributed by atoms with Gasteiger partial charge in [-0.2, -0.15) is 0 Å². The number of amides is 1. The van der Waals surface area contributed by atoms with Gasteiger partial charge in [0.1, 0.15) is 6.54 Å². The smallest absolute Gasteiger partial charge is 0.325 e. The van der Waals surface area contributed by atoms with E-state index in [1.54, 1.807) is 0 Å². The van der Waals surface area contributed by atoms with Crippen molar-refractivity contribution in [2.75, 3.05) is 13.7 Å². The molecule has 3 N–H and O–H groups in total. The highest BCUT2D eigenvalue weighted by Gasteiger charge is 2.62.